The highest BCUT2D eigenvalue weighted by Gasteiger charge is 2.20. The van der Waals surface area contributed by atoms with E-state index in [2.05, 4.69) is 4.72 Å². The van der Waals surface area contributed by atoms with Gasteiger partial charge in [0, 0.05) is 13.2 Å². The fraction of sp³-hybridized carbons (Fsp3) is 0.571. The summed E-state index contributed by atoms with van der Waals surface area (Å²) in [5.41, 5.74) is 0.818. The third-order valence-electron chi connectivity index (χ3n) is 3.34. The summed E-state index contributed by atoms with van der Waals surface area (Å²) >= 11 is 0. The van der Waals surface area contributed by atoms with Crippen LogP contribution in [0.2, 0.25) is 0 Å². The van der Waals surface area contributed by atoms with Crippen molar-refractivity contribution in [2.45, 2.75) is 25.2 Å². The lowest BCUT2D eigenvalue weighted by Crippen LogP contribution is -2.29. The second-order valence-corrected chi connectivity index (χ2v) is 6.71. The monoisotopic (exact) mass is 299 g/mol. The molecule has 1 N–H and O–H groups in total. The molecule has 0 spiro atoms. The van der Waals surface area contributed by atoms with Crippen molar-refractivity contribution in [2.75, 3.05) is 26.4 Å². The molecule has 0 bridgehead atoms. The topological polar surface area (TPSA) is 64.6 Å². The molecule has 1 aromatic carbocycles. The number of nitrogens with one attached hydrogen (secondary N) is 1. The van der Waals surface area contributed by atoms with Crippen molar-refractivity contribution in [3.63, 3.8) is 0 Å². The molecular formula is C14H21NO4S. The van der Waals surface area contributed by atoms with Crippen LogP contribution >= 0.6 is 0 Å². The van der Waals surface area contributed by atoms with Gasteiger partial charge in [0.15, 0.2) is 0 Å². The summed E-state index contributed by atoms with van der Waals surface area (Å²) in [7, 11) is -3.46. The highest BCUT2D eigenvalue weighted by molar-refractivity contribution is 7.89. The summed E-state index contributed by atoms with van der Waals surface area (Å²) in [6.45, 7) is 6.07. The van der Waals surface area contributed by atoms with Crippen LogP contribution in [0.4, 0.5) is 0 Å². The Labute approximate surface area is 120 Å². The molecule has 6 heteroatoms. The Kier molecular flexibility index (Phi) is 5.01. The van der Waals surface area contributed by atoms with Gasteiger partial charge in [-0.25, -0.2) is 13.1 Å². The van der Waals surface area contributed by atoms with E-state index in [1.807, 2.05) is 13.8 Å². The van der Waals surface area contributed by atoms with Crippen LogP contribution < -0.4 is 9.46 Å². The second kappa shape index (κ2) is 6.56. The molecule has 1 fully saturated rings. The van der Waals surface area contributed by atoms with Crippen molar-refractivity contribution in [3.05, 3.63) is 23.8 Å². The molecule has 1 unspecified atom stereocenters. The third kappa shape index (κ3) is 3.71. The summed E-state index contributed by atoms with van der Waals surface area (Å²) in [4.78, 5) is 0.275. The maximum Gasteiger partial charge on any atom is 0.240 e. The van der Waals surface area contributed by atoms with E-state index >= 15 is 0 Å². The minimum absolute atomic E-state index is 0.272. The molecule has 0 saturated carbocycles. The molecule has 0 amide bonds. The van der Waals surface area contributed by atoms with Gasteiger partial charge in [-0.05, 0) is 49.9 Å². The summed E-state index contributed by atoms with van der Waals surface area (Å²) in [5.74, 6) is 0.990. The molecule has 0 aromatic heterocycles. The lowest BCUT2D eigenvalue weighted by Gasteiger charge is -2.12. The zero-order valence-electron chi connectivity index (χ0n) is 11.9. The molecule has 1 aliphatic rings. The zero-order chi connectivity index (χ0) is 14.6. The van der Waals surface area contributed by atoms with E-state index in [1.54, 1.807) is 18.2 Å². The minimum atomic E-state index is -3.46. The minimum Gasteiger partial charge on any atom is -0.494 e. The lowest BCUT2D eigenvalue weighted by atomic mass is 10.1. The van der Waals surface area contributed by atoms with Gasteiger partial charge in [0.05, 0.1) is 18.1 Å². The fourth-order valence-corrected chi connectivity index (χ4v) is 3.36. The van der Waals surface area contributed by atoms with Crippen LogP contribution in [0.25, 0.3) is 0 Å². The Morgan fingerprint density at radius 2 is 2.25 bits per heavy atom. The van der Waals surface area contributed by atoms with Gasteiger partial charge >= 0.3 is 0 Å². The van der Waals surface area contributed by atoms with Crippen LogP contribution in [0.1, 0.15) is 18.9 Å². The van der Waals surface area contributed by atoms with E-state index in [-0.39, 0.29) is 10.8 Å². The van der Waals surface area contributed by atoms with Crippen LogP contribution in [-0.4, -0.2) is 34.8 Å². The molecule has 20 heavy (non-hydrogen) atoms. The first-order valence-corrected chi connectivity index (χ1v) is 8.32. The molecule has 5 nitrogen and oxygen atoms in total. The molecule has 1 saturated heterocycles. The normalized spacial score (nSPS) is 19.2. The van der Waals surface area contributed by atoms with Crippen molar-refractivity contribution in [2.24, 2.45) is 5.92 Å². The number of rotatable bonds is 6. The largest absolute Gasteiger partial charge is 0.494 e. The van der Waals surface area contributed by atoms with Crippen LogP contribution in [0, 0.1) is 12.8 Å². The summed E-state index contributed by atoms with van der Waals surface area (Å²) in [5, 5.41) is 0. The average molecular weight is 299 g/mol. The van der Waals surface area contributed by atoms with Gasteiger partial charge in [-0.15, -0.1) is 0 Å². The smallest absolute Gasteiger partial charge is 0.240 e. The molecule has 1 aromatic rings. The Morgan fingerprint density at radius 3 is 2.85 bits per heavy atom. The first kappa shape index (κ1) is 15.3. The van der Waals surface area contributed by atoms with E-state index in [0.29, 0.717) is 26.4 Å². The van der Waals surface area contributed by atoms with Gasteiger partial charge in [0.2, 0.25) is 10.0 Å². The first-order chi connectivity index (χ1) is 9.53. The number of hydrogen-bond donors (Lipinski definition) is 1. The molecule has 1 atom stereocenters. The number of ether oxygens (including phenoxy) is 2. The molecule has 0 aliphatic carbocycles. The summed E-state index contributed by atoms with van der Waals surface area (Å²) in [6.07, 6.45) is 0.908. The SMILES string of the molecule is CCOc1ccc(S(=O)(=O)NCC2CCOC2)cc1C. The Balaban J connectivity index is 2.06. The molecule has 2 rings (SSSR count). The standard InChI is InChI=1S/C14H21NO4S/c1-3-19-14-5-4-13(8-11(14)2)20(16,17)15-9-12-6-7-18-10-12/h4-5,8,12,15H,3,6-7,9-10H2,1-2H3. The molecule has 1 heterocycles. The van der Waals surface area contributed by atoms with Crippen LogP contribution in [0.3, 0.4) is 0 Å². The highest BCUT2D eigenvalue weighted by atomic mass is 32.2. The predicted octanol–water partition coefficient (Wildman–Crippen LogP) is 1.71. The van der Waals surface area contributed by atoms with Gasteiger partial charge in [-0.3, -0.25) is 0 Å². The van der Waals surface area contributed by atoms with Gasteiger partial charge in [-0.2, -0.15) is 0 Å². The Bertz CT molecular complexity index is 550. The van der Waals surface area contributed by atoms with E-state index in [1.165, 1.54) is 0 Å². The van der Waals surface area contributed by atoms with Crippen molar-refractivity contribution in [1.29, 1.82) is 0 Å². The quantitative estimate of drug-likeness (QED) is 0.868. The van der Waals surface area contributed by atoms with Crippen LogP contribution in [0.5, 0.6) is 5.75 Å². The van der Waals surface area contributed by atoms with Crippen molar-refractivity contribution in [1.82, 2.24) is 4.72 Å². The van der Waals surface area contributed by atoms with Crippen molar-refractivity contribution < 1.29 is 17.9 Å². The third-order valence-corrected chi connectivity index (χ3v) is 4.76. The van der Waals surface area contributed by atoms with Crippen LogP contribution in [0.15, 0.2) is 23.1 Å². The van der Waals surface area contributed by atoms with E-state index in [0.717, 1.165) is 17.7 Å². The first-order valence-electron chi connectivity index (χ1n) is 6.84. The van der Waals surface area contributed by atoms with Crippen molar-refractivity contribution >= 4 is 10.0 Å². The average Bonchev–Trinajstić information content (AvgIpc) is 2.92. The second-order valence-electron chi connectivity index (χ2n) is 4.94. The molecular weight excluding hydrogens is 278 g/mol. The van der Waals surface area contributed by atoms with Gasteiger partial charge in [0.1, 0.15) is 5.75 Å². The van der Waals surface area contributed by atoms with E-state index < -0.39 is 10.0 Å². The zero-order valence-corrected chi connectivity index (χ0v) is 12.7. The van der Waals surface area contributed by atoms with Gasteiger partial charge in [-0.1, -0.05) is 0 Å². The molecule has 112 valence electrons. The fourth-order valence-electron chi connectivity index (χ4n) is 2.16. The number of aryl methyl sites for hydroxylation is 1. The summed E-state index contributed by atoms with van der Waals surface area (Å²) < 4.78 is 37.7. The summed E-state index contributed by atoms with van der Waals surface area (Å²) in [6, 6.07) is 4.91. The maximum atomic E-state index is 12.2. The van der Waals surface area contributed by atoms with Gasteiger partial charge < -0.3 is 9.47 Å². The maximum absolute atomic E-state index is 12.2. The van der Waals surface area contributed by atoms with E-state index in [4.69, 9.17) is 9.47 Å². The van der Waals surface area contributed by atoms with Crippen LogP contribution in [-0.2, 0) is 14.8 Å². The van der Waals surface area contributed by atoms with Crippen molar-refractivity contribution in [3.8, 4) is 5.75 Å². The van der Waals surface area contributed by atoms with E-state index in [9.17, 15) is 8.42 Å². The number of hydrogen-bond acceptors (Lipinski definition) is 4. The van der Waals surface area contributed by atoms with Gasteiger partial charge in [0.25, 0.3) is 0 Å². The molecule has 1 aliphatic heterocycles. The number of benzene rings is 1. The lowest BCUT2D eigenvalue weighted by molar-refractivity contribution is 0.186. The Hall–Kier alpha value is -1.11. The predicted molar refractivity (Wildman–Crippen MR) is 76.5 cm³/mol. The Morgan fingerprint density at radius 1 is 1.45 bits per heavy atom. The molecule has 0 radical (unpaired) electrons. The number of sulfonamides is 1. The highest BCUT2D eigenvalue weighted by Crippen LogP contribution is 2.22.